The van der Waals surface area contributed by atoms with Crippen LogP contribution >= 0.6 is 0 Å². The standard InChI is InChI=1S/C16H27NO2/c1-5-11-18-14-9-7-8-10-15(14)19-16(13(3)4)12-17-6-2/h7-10,13,16-17H,5-6,11-12H2,1-4H3. The third-order valence-corrected chi connectivity index (χ3v) is 2.93. The number of rotatable bonds is 9. The van der Waals surface area contributed by atoms with Gasteiger partial charge in [0, 0.05) is 6.54 Å². The summed E-state index contributed by atoms with van der Waals surface area (Å²) in [6.45, 7) is 11.1. The van der Waals surface area contributed by atoms with E-state index in [1.54, 1.807) is 0 Å². The number of hydrogen-bond acceptors (Lipinski definition) is 3. The molecular formula is C16H27NO2. The molecule has 1 unspecified atom stereocenters. The van der Waals surface area contributed by atoms with Crippen LogP contribution in [0.2, 0.25) is 0 Å². The van der Waals surface area contributed by atoms with Crippen molar-refractivity contribution in [1.82, 2.24) is 5.32 Å². The van der Waals surface area contributed by atoms with Crippen LogP contribution in [0.3, 0.4) is 0 Å². The zero-order valence-corrected chi connectivity index (χ0v) is 12.6. The lowest BCUT2D eigenvalue weighted by Gasteiger charge is -2.24. The zero-order chi connectivity index (χ0) is 14.1. The maximum Gasteiger partial charge on any atom is 0.161 e. The number of hydrogen-bond donors (Lipinski definition) is 1. The molecule has 0 amide bonds. The van der Waals surface area contributed by atoms with Crippen LogP contribution in [0.15, 0.2) is 24.3 Å². The Labute approximate surface area is 117 Å². The van der Waals surface area contributed by atoms with Crippen LogP contribution in [0.1, 0.15) is 34.1 Å². The number of nitrogens with one attached hydrogen (secondary N) is 1. The highest BCUT2D eigenvalue weighted by molar-refractivity contribution is 5.39. The van der Waals surface area contributed by atoms with Gasteiger partial charge in [0.2, 0.25) is 0 Å². The summed E-state index contributed by atoms with van der Waals surface area (Å²) in [4.78, 5) is 0. The Hall–Kier alpha value is -1.22. The van der Waals surface area contributed by atoms with Crippen LogP contribution in [0.25, 0.3) is 0 Å². The molecule has 3 nitrogen and oxygen atoms in total. The van der Waals surface area contributed by atoms with E-state index in [-0.39, 0.29) is 6.10 Å². The Kier molecular flexibility index (Phi) is 7.34. The molecule has 1 aromatic carbocycles. The van der Waals surface area contributed by atoms with E-state index < -0.39 is 0 Å². The first-order valence-corrected chi connectivity index (χ1v) is 7.28. The average Bonchev–Trinajstić information content (AvgIpc) is 2.41. The topological polar surface area (TPSA) is 30.5 Å². The molecule has 0 spiro atoms. The first kappa shape index (κ1) is 15.8. The molecule has 1 N–H and O–H groups in total. The van der Waals surface area contributed by atoms with Crippen LogP contribution in [0, 0.1) is 5.92 Å². The molecule has 0 saturated heterocycles. The maximum absolute atomic E-state index is 6.12. The van der Waals surface area contributed by atoms with E-state index in [0.29, 0.717) is 5.92 Å². The quantitative estimate of drug-likeness (QED) is 0.741. The fourth-order valence-corrected chi connectivity index (χ4v) is 1.74. The Morgan fingerprint density at radius 3 is 2.37 bits per heavy atom. The summed E-state index contributed by atoms with van der Waals surface area (Å²) in [7, 11) is 0. The van der Waals surface area contributed by atoms with Crippen LogP contribution in [0.4, 0.5) is 0 Å². The number of likely N-dealkylation sites (N-methyl/N-ethyl adjacent to an activating group) is 1. The Morgan fingerprint density at radius 1 is 1.11 bits per heavy atom. The lowest BCUT2D eigenvalue weighted by atomic mass is 10.1. The highest BCUT2D eigenvalue weighted by Crippen LogP contribution is 2.28. The summed E-state index contributed by atoms with van der Waals surface area (Å²) in [6.07, 6.45) is 1.16. The molecule has 0 aromatic heterocycles. The molecular weight excluding hydrogens is 238 g/mol. The van der Waals surface area contributed by atoms with E-state index in [2.05, 4.69) is 33.0 Å². The molecule has 0 saturated carbocycles. The molecule has 0 bridgehead atoms. The SMILES string of the molecule is CCCOc1ccccc1OC(CNCC)C(C)C. The van der Waals surface area contributed by atoms with Crippen molar-refractivity contribution >= 4 is 0 Å². The lowest BCUT2D eigenvalue weighted by molar-refractivity contribution is 0.142. The second-order valence-corrected chi connectivity index (χ2v) is 5.00. The smallest absolute Gasteiger partial charge is 0.161 e. The van der Waals surface area contributed by atoms with Gasteiger partial charge >= 0.3 is 0 Å². The van der Waals surface area contributed by atoms with Gasteiger partial charge in [0.1, 0.15) is 6.10 Å². The van der Waals surface area contributed by atoms with Gasteiger partial charge in [-0.3, -0.25) is 0 Å². The minimum Gasteiger partial charge on any atom is -0.490 e. The summed E-state index contributed by atoms with van der Waals surface area (Å²) < 4.78 is 11.8. The summed E-state index contributed by atoms with van der Waals surface area (Å²) in [6, 6.07) is 7.91. The van der Waals surface area contributed by atoms with Gasteiger partial charge in [-0.25, -0.2) is 0 Å². The normalized spacial score (nSPS) is 12.5. The summed E-state index contributed by atoms with van der Waals surface area (Å²) in [5.41, 5.74) is 0. The highest BCUT2D eigenvalue weighted by atomic mass is 16.5. The summed E-state index contributed by atoms with van der Waals surface area (Å²) >= 11 is 0. The van der Waals surface area contributed by atoms with Crippen molar-refractivity contribution < 1.29 is 9.47 Å². The molecule has 0 heterocycles. The number of para-hydroxylation sites is 2. The van der Waals surface area contributed by atoms with Gasteiger partial charge in [0.05, 0.1) is 6.61 Å². The van der Waals surface area contributed by atoms with E-state index in [1.807, 2.05) is 24.3 Å². The van der Waals surface area contributed by atoms with Crippen molar-refractivity contribution in [2.45, 2.75) is 40.2 Å². The van der Waals surface area contributed by atoms with E-state index in [9.17, 15) is 0 Å². The van der Waals surface area contributed by atoms with Crippen molar-refractivity contribution in [3.63, 3.8) is 0 Å². The third-order valence-electron chi connectivity index (χ3n) is 2.93. The van der Waals surface area contributed by atoms with Crippen molar-refractivity contribution in [3.8, 4) is 11.5 Å². The molecule has 0 aliphatic heterocycles. The molecule has 108 valence electrons. The predicted molar refractivity (Wildman–Crippen MR) is 80.0 cm³/mol. The van der Waals surface area contributed by atoms with Gasteiger partial charge in [-0.2, -0.15) is 0 Å². The molecule has 1 rings (SSSR count). The monoisotopic (exact) mass is 265 g/mol. The van der Waals surface area contributed by atoms with E-state index in [4.69, 9.17) is 9.47 Å². The van der Waals surface area contributed by atoms with Crippen molar-refractivity contribution in [2.75, 3.05) is 19.7 Å². The number of ether oxygens (including phenoxy) is 2. The zero-order valence-electron chi connectivity index (χ0n) is 12.6. The number of benzene rings is 1. The molecule has 1 atom stereocenters. The van der Waals surface area contributed by atoms with Gasteiger partial charge in [0.25, 0.3) is 0 Å². The molecule has 0 fully saturated rings. The molecule has 0 radical (unpaired) electrons. The second kappa shape index (κ2) is 8.81. The minimum absolute atomic E-state index is 0.159. The van der Waals surface area contributed by atoms with E-state index in [0.717, 1.165) is 37.6 Å². The molecule has 1 aromatic rings. The highest BCUT2D eigenvalue weighted by Gasteiger charge is 2.16. The van der Waals surface area contributed by atoms with Crippen molar-refractivity contribution in [3.05, 3.63) is 24.3 Å². The van der Waals surface area contributed by atoms with Crippen LogP contribution < -0.4 is 14.8 Å². The predicted octanol–water partition coefficient (Wildman–Crippen LogP) is 3.49. The fraction of sp³-hybridized carbons (Fsp3) is 0.625. The first-order chi connectivity index (χ1) is 9.19. The van der Waals surface area contributed by atoms with Gasteiger partial charge in [-0.15, -0.1) is 0 Å². The molecule has 3 heteroatoms. The Morgan fingerprint density at radius 2 is 1.79 bits per heavy atom. The van der Waals surface area contributed by atoms with Gasteiger partial charge < -0.3 is 14.8 Å². The Balaban J connectivity index is 2.71. The summed E-state index contributed by atoms with van der Waals surface area (Å²) in [5, 5.41) is 3.35. The van der Waals surface area contributed by atoms with Crippen LogP contribution in [-0.4, -0.2) is 25.8 Å². The van der Waals surface area contributed by atoms with Gasteiger partial charge in [-0.05, 0) is 31.0 Å². The third kappa shape index (κ3) is 5.52. The lowest BCUT2D eigenvalue weighted by Crippen LogP contribution is -2.35. The van der Waals surface area contributed by atoms with Crippen LogP contribution in [0.5, 0.6) is 11.5 Å². The molecule has 19 heavy (non-hydrogen) atoms. The van der Waals surface area contributed by atoms with Crippen LogP contribution in [-0.2, 0) is 0 Å². The van der Waals surface area contributed by atoms with Crippen molar-refractivity contribution in [1.29, 1.82) is 0 Å². The van der Waals surface area contributed by atoms with Gasteiger partial charge in [-0.1, -0.05) is 39.8 Å². The summed E-state index contributed by atoms with van der Waals surface area (Å²) in [5.74, 6) is 2.14. The maximum atomic E-state index is 6.12. The first-order valence-electron chi connectivity index (χ1n) is 7.28. The average molecular weight is 265 g/mol. The second-order valence-electron chi connectivity index (χ2n) is 5.00. The van der Waals surface area contributed by atoms with Gasteiger partial charge in [0.15, 0.2) is 11.5 Å². The minimum atomic E-state index is 0.159. The van der Waals surface area contributed by atoms with Crippen molar-refractivity contribution in [2.24, 2.45) is 5.92 Å². The van der Waals surface area contributed by atoms with E-state index in [1.165, 1.54) is 0 Å². The Bertz CT molecular complexity index is 352. The molecule has 0 aliphatic carbocycles. The molecule has 0 aliphatic rings. The largest absolute Gasteiger partial charge is 0.490 e. The fourth-order valence-electron chi connectivity index (χ4n) is 1.74. The van der Waals surface area contributed by atoms with E-state index >= 15 is 0 Å².